The highest BCUT2D eigenvalue weighted by molar-refractivity contribution is 9.10. The highest BCUT2D eigenvalue weighted by Crippen LogP contribution is 2.49. The van der Waals surface area contributed by atoms with E-state index in [1.54, 1.807) is 0 Å². The maximum absolute atomic E-state index is 12.8. The van der Waals surface area contributed by atoms with Crippen LogP contribution in [0.5, 0.6) is 11.5 Å². The molecular formula is C20H16BrNO3. The normalized spacial score (nSPS) is 20.8. The molecule has 0 bridgehead atoms. The van der Waals surface area contributed by atoms with Crippen LogP contribution in [-0.4, -0.2) is 12.6 Å². The van der Waals surface area contributed by atoms with Gasteiger partial charge in [-0.1, -0.05) is 28.1 Å². The van der Waals surface area contributed by atoms with E-state index in [0.29, 0.717) is 6.42 Å². The summed E-state index contributed by atoms with van der Waals surface area (Å²) in [6, 6.07) is 12.2. The molecule has 3 aliphatic rings. The molecule has 0 saturated carbocycles. The maximum atomic E-state index is 12.8. The van der Waals surface area contributed by atoms with E-state index in [9.17, 15) is 4.79 Å². The molecule has 4 nitrogen and oxygen atoms in total. The van der Waals surface area contributed by atoms with Crippen LogP contribution in [0.3, 0.4) is 0 Å². The van der Waals surface area contributed by atoms with E-state index < -0.39 is 0 Å². The van der Waals surface area contributed by atoms with Crippen LogP contribution in [0.15, 0.2) is 52.1 Å². The number of benzene rings is 2. The number of rotatable bonds is 1. The fourth-order valence-corrected chi connectivity index (χ4v) is 4.22. The van der Waals surface area contributed by atoms with Gasteiger partial charge >= 0.3 is 0 Å². The van der Waals surface area contributed by atoms with E-state index in [4.69, 9.17) is 9.47 Å². The van der Waals surface area contributed by atoms with E-state index in [-0.39, 0.29) is 18.5 Å². The Kier molecular flexibility index (Phi) is 3.38. The number of carbonyl (C=O) groups excluding carboxylic acids is 1. The molecule has 0 spiro atoms. The van der Waals surface area contributed by atoms with E-state index in [1.807, 2.05) is 24.3 Å². The molecule has 5 rings (SSSR count). The van der Waals surface area contributed by atoms with E-state index >= 15 is 0 Å². The standard InChI is InChI=1S/C20H16BrNO3/c21-12-6-4-11(5-7-12)19-13-8-17-18(25-10-24-17)9-15(13)22-14-2-1-3-16(23)20(14)19/h4-9,19,22H,1-3,10H2. The number of halogens is 1. The van der Waals surface area contributed by atoms with Gasteiger partial charge in [-0.3, -0.25) is 4.79 Å². The Balaban J connectivity index is 1.73. The van der Waals surface area contributed by atoms with Gasteiger partial charge in [-0.05, 0) is 42.2 Å². The Bertz CT molecular complexity index is 917. The van der Waals surface area contributed by atoms with Gasteiger partial charge < -0.3 is 14.8 Å². The minimum Gasteiger partial charge on any atom is -0.454 e. The van der Waals surface area contributed by atoms with Crippen LogP contribution in [0.1, 0.15) is 36.3 Å². The van der Waals surface area contributed by atoms with Crippen molar-refractivity contribution in [2.24, 2.45) is 0 Å². The Labute approximate surface area is 154 Å². The van der Waals surface area contributed by atoms with Crippen molar-refractivity contribution in [3.8, 4) is 11.5 Å². The third-order valence-electron chi connectivity index (χ3n) is 5.09. The molecule has 0 radical (unpaired) electrons. The fraction of sp³-hybridized carbons (Fsp3) is 0.250. The molecule has 0 fully saturated rings. The molecule has 0 saturated heterocycles. The lowest BCUT2D eigenvalue weighted by Gasteiger charge is -2.34. The minimum atomic E-state index is -0.0679. The molecule has 2 aromatic carbocycles. The summed E-state index contributed by atoms with van der Waals surface area (Å²) in [5.41, 5.74) is 5.15. The fourth-order valence-electron chi connectivity index (χ4n) is 3.95. The highest BCUT2D eigenvalue weighted by atomic mass is 79.9. The first kappa shape index (κ1) is 15.0. The summed E-state index contributed by atoms with van der Waals surface area (Å²) in [4.78, 5) is 12.8. The molecule has 2 heterocycles. The Morgan fingerprint density at radius 3 is 2.60 bits per heavy atom. The van der Waals surface area contributed by atoms with Gasteiger partial charge in [0.2, 0.25) is 6.79 Å². The van der Waals surface area contributed by atoms with Crippen molar-refractivity contribution in [2.75, 3.05) is 12.1 Å². The first-order valence-electron chi connectivity index (χ1n) is 8.43. The van der Waals surface area contributed by atoms with E-state index in [1.165, 1.54) is 0 Å². The van der Waals surface area contributed by atoms with Crippen LogP contribution in [0, 0.1) is 0 Å². The number of Topliss-reactive ketones (excluding diaryl/α,β-unsaturated/α-hetero) is 1. The van der Waals surface area contributed by atoms with Gasteiger partial charge in [-0.2, -0.15) is 0 Å². The molecule has 126 valence electrons. The number of ether oxygens (including phenoxy) is 2. The third kappa shape index (κ3) is 2.37. The second-order valence-corrected chi connectivity index (χ2v) is 7.49. The smallest absolute Gasteiger partial charge is 0.231 e. The summed E-state index contributed by atoms with van der Waals surface area (Å²) < 4.78 is 12.1. The molecule has 25 heavy (non-hydrogen) atoms. The van der Waals surface area contributed by atoms with Crippen molar-refractivity contribution < 1.29 is 14.3 Å². The predicted molar refractivity (Wildman–Crippen MR) is 98.1 cm³/mol. The monoisotopic (exact) mass is 397 g/mol. The quantitative estimate of drug-likeness (QED) is 0.754. The summed E-state index contributed by atoms with van der Waals surface area (Å²) in [6.07, 6.45) is 2.42. The second-order valence-electron chi connectivity index (χ2n) is 6.57. The molecular weight excluding hydrogens is 382 g/mol. The Hall–Kier alpha value is -2.27. The number of ketones is 1. The van der Waals surface area contributed by atoms with Crippen molar-refractivity contribution in [3.05, 3.63) is 63.3 Å². The molecule has 5 heteroatoms. The SMILES string of the molecule is O=C1CCCC2=C1C(c1ccc(Br)cc1)c1cc3c(cc1N2)OCO3. The lowest BCUT2D eigenvalue weighted by Crippen LogP contribution is -2.26. The third-order valence-corrected chi connectivity index (χ3v) is 5.62. The van der Waals surface area contributed by atoms with Gasteiger partial charge in [0.1, 0.15) is 0 Å². The zero-order valence-corrected chi connectivity index (χ0v) is 15.1. The van der Waals surface area contributed by atoms with E-state index in [2.05, 4.69) is 33.4 Å². The number of hydrogen-bond acceptors (Lipinski definition) is 4. The van der Waals surface area contributed by atoms with Crippen LogP contribution in [0.25, 0.3) is 0 Å². The van der Waals surface area contributed by atoms with Gasteiger partial charge in [0.25, 0.3) is 0 Å². The second kappa shape index (κ2) is 5.63. The average Bonchev–Trinajstić information content (AvgIpc) is 3.06. The van der Waals surface area contributed by atoms with Gasteiger partial charge in [-0.15, -0.1) is 0 Å². The first-order valence-corrected chi connectivity index (χ1v) is 9.22. The minimum absolute atomic E-state index is 0.0679. The van der Waals surface area contributed by atoms with Gasteiger partial charge in [0.05, 0.1) is 0 Å². The number of carbonyl (C=O) groups is 1. The van der Waals surface area contributed by atoms with Gasteiger partial charge in [0, 0.05) is 39.8 Å². The molecule has 0 amide bonds. The van der Waals surface area contributed by atoms with Crippen LogP contribution in [0.2, 0.25) is 0 Å². The molecule has 1 N–H and O–H groups in total. The summed E-state index contributed by atoms with van der Waals surface area (Å²) in [7, 11) is 0. The van der Waals surface area contributed by atoms with Gasteiger partial charge in [0.15, 0.2) is 17.3 Å². The van der Waals surface area contributed by atoms with Crippen LogP contribution < -0.4 is 14.8 Å². The topological polar surface area (TPSA) is 47.6 Å². The lowest BCUT2D eigenvalue weighted by atomic mass is 9.75. The van der Waals surface area contributed by atoms with Gasteiger partial charge in [-0.25, -0.2) is 0 Å². The molecule has 2 aliphatic heterocycles. The summed E-state index contributed by atoms with van der Waals surface area (Å²) in [5, 5.41) is 3.48. The van der Waals surface area contributed by atoms with Crippen molar-refractivity contribution in [1.82, 2.24) is 0 Å². The number of hydrogen-bond donors (Lipinski definition) is 1. The van der Waals surface area contributed by atoms with Crippen molar-refractivity contribution in [1.29, 1.82) is 0 Å². The van der Waals surface area contributed by atoms with E-state index in [0.717, 1.165) is 56.9 Å². The summed E-state index contributed by atoms with van der Waals surface area (Å²) in [6.45, 7) is 0.243. The average molecular weight is 398 g/mol. The zero-order chi connectivity index (χ0) is 17.0. The predicted octanol–water partition coefficient (Wildman–Crippen LogP) is 4.74. The largest absolute Gasteiger partial charge is 0.454 e. The molecule has 1 atom stereocenters. The van der Waals surface area contributed by atoms with Crippen molar-refractivity contribution in [3.63, 3.8) is 0 Å². The zero-order valence-electron chi connectivity index (χ0n) is 13.5. The number of nitrogens with one attached hydrogen (secondary N) is 1. The summed E-state index contributed by atoms with van der Waals surface area (Å²) in [5.74, 6) is 1.67. The Morgan fingerprint density at radius 1 is 1.04 bits per heavy atom. The molecule has 2 aromatic rings. The van der Waals surface area contributed by atoms with Crippen molar-refractivity contribution in [2.45, 2.75) is 25.2 Å². The van der Waals surface area contributed by atoms with Crippen LogP contribution in [-0.2, 0) is 4.79 Å². The van der Waals surface area contributed by atoms with Crippen LogP contribution >= 0.6 is 15.9 Å². The number of anilines is 1. The highest BCUT2D eigenvalue weighted by Gasteiger charge is 2.36. The molecule has 1 unspecified atom stereocenters. The van der Waals surface area contributed by atoms with Crippen molar-refractivity contribution >= 4 is 27.4 Å². The Morgan fingerprint density at radius 2 is 1.80 bits per heavy atom. The lowest BCUT2D eigenvalue weighted by molar-refractivity contribution is -0.116. The molecule has 1 aliphatic carbocycles. The maximum Gasteiger partial charge on any atom is 0.231 e. The summed E-state index contributed by atoms with van der Waals surface area (Å²) >= 11 is 3.49. The van der Waals surface area contributed by atoms with Crippen LogP contribution in [0.4, 0.5) is 5.69 Å². The number of fused-ring (bicyclic) bond motifs is 2. The number of allylic oxidation sites excluding steroid dienone is 2. The molecule has 0 aromatic heterocycles. The first-order chi connectivity index (χ1) is 12.2.